The highest BCUT2D eigenvalue weighted by Gasteiger charge is 2.34. The zero-order valence-electron chi connectivity index (χ0n) is 21.1. The largest absolute Gasteiger partial charge is 0.508 e. The Morgan fingerprint density at radius 1 is 1.08 bits per heavy atom. The van der Waals surface area contributed by atoms with Crippen LogP contribution in [-0.2, 0) is 16.1 Å². The first-order chi connectivity index (χ1) is 18.6. The quantitative estimate of drug-likeness (QED) is 0.335. The lowest BCUT2D eigenvalue weighted by atomic mass is 9.83. The Labute approximate surface area is 218 Å². The van der Waals surface area contributed by atoms with E-state index in [-0.39, 0.29) is 24.4 Å². The van der Waals surface area contributed by atoms with Crippen LogP contribution in [0.3, 0.4) is 0 Å². The molecule has 2 aliphatic rings. The fourth-order valence-corrected chi connectivity index (χ4v) is 4.88. The lowest BCUT2D eigenvalue weighted by Gasteiger charge is -2.28. The lowest BCUT2D eigenvalue weighted by molar-refractivity contribution is 0.0565. The summed E-state index contributed by atoms with van der Waals surface area (Å²) in [6.07, 6.45) is 8.05. The molecule has 0 amide bonds. The summed E-state index contributed by atoms with van der Waals surface area (Å²) < 4.78 is 30.3. The normalized spacial score (nSPS) is 17.8. The number of benzene rings is 2. The average Bonchev–Trinajstić information content (AvgIpc) is 3.38. The van der Waals surface area contributed by atoms with Crippen LogP contribution in [0, 0.1) is 0 Å². The number of rotatable bonds is 7. The topological polar surface area (TPSA) is 109 Å². The summed E-state index contributed by atoms with van der Waals surface area (Å²) in [6.45, 7) is 0.169. The molecule has 10 heteroatoms. The van der Waals surface area contributed by atoms with Crippen LogP contribution in [0.4, 0.5) is 0 Å². The molecule has 0 bridgehead atoms. The first-order valence-corrected chi connectivity index (χ1v) is 12.1. The smallest absolute Gasteiger partial charge is 0.228 e. The highest BCUT2D eigenvalue weighted by molar-refractivity contribution is 5.67. The van der Waals surface area contributed by atoms with Gasteiger partial charge in [0.1, 0.15) is 36.3 Å². The fourth-order valence-electron chi connectivity index (χ4n) is 4.88. The Balaban J connectivity index is 1.45. The molecule has 1 aliphatic heterocycles. The third kappa shape index (κ3) is 4.08. The van der Waals surface area contributed by atoms with Crippen molar-refractivity contribution in [3.8, 4) is 28.9 Å². The van der Waals surface area contributed by atoms with E-state index in [2.05, 4.69) is 10.1 Å². The van der Waals surface area contributed by atoms with Crippen LogP contribution in [0.5, 0.6) is 28.9 Å². The van der Waals surface area contributed by atoms with E-state index in [0.717, 1.165) is 28.9 Å². The number of phenols is 1. The minimum absolute atomic E-state index is 0.0995. The Morgan fingerprint density at radius 3 is 2.76 bits per heavy atom. The van der Waals surface area contributed by atoms with E-state index in [4.69, 9.17) is 28.7 Å². The molecular weight excluding hydrogens is 488 g/mol. The molecule has 0 saturated heterocycles. The van der Waals surface area contributed by atoms with Gasteiger partial charge in [-0.15, -0.1) is 5.10 Å². The number of hydrogen-bond acceptors (Lipinski definition) is 9. The van der Waals surface area contributed by atoms with Crippen molar-refractivity contribution < 1.29 is 28.8 Å². The zero-order valence-corrected chi connectivity index (χ0v) is 21.1. The molecule has 2 aromatic carbocycles. The van der Waals surface area contributed by atoms with Crippen LogP contribution in [0.25, 0.3) is 5.65 Å². The first kappa shape index (κ1) is 23.8. The van der Waals surface area contributed by atoms with E-state index in [1.165, 1.54) is 0 Å². The summed E-state index contributed by atoms with van der Waals surface area (Å²) in [6, 6.07) is 10.8. The Morgan fingerprint density at radius 2 is 1.95 bits per heavy atom. The molecule has 0 radical (unpaired) electrons. The van der Waals surface area contributed by atoms with Crippen molar-refractivity contribution in [2.75, 3.05) is 21.3 Å². The van der Waals surface area contributed by atoms with E-state index in [0.29, 0.717) is 34.6 Å². The van der Waals surface area contributed by atoms with Crippen molar-refractivity contribution in [2.24, 2.45) is 0 Å². The third-order valence-electron chi connectivity index (χ3n) is 6.69. The molecule has 6 rings (SSSR count). The van der Waals surface area contributed by atoms with Gasteiger partial charge >= 0.3 is 0 Å². The van der Waals surface area contributed by atoms with Gasteiger partial charge < -0.3 is 28.8 Å². The van der Waals surface area contributed by atoms with Gasteiger partial charge in [-0.05, 0) is 36.3 Å². The molecule has 2 aromatic heterocycles. The van der Waals surface area contributed by atoms with E-state index >= 15 is 0 Å². The van der Waals surface area contributed by atoms with E-state index in [1.54, 1.807) is 44.3 Å². The maximum Gasteiger partial charge on any atom is 0.228 e. The molecule has 38 heavy (non-hydrogen) atoms. The highest BCUT2D eigenvalue weighted by Crippen LogP contribution is 2.49. The second-order valence-corrected chi connectivity index (χ2v) is 8.88. The van der Waals surface area contributed by atoms with Gasteiger partial charge in [-0.25, -0.2) is 14.5 Å². The summed E-state index contributed by atoms with van der Waals surface area (Å²) >= 11 is 0. The molecule has 4 aromatic rings. The van der Waals surface area contributed by atoms with Crippen LogP contribution in [0.15, 0.2) is 66.7 Å². The minimum atomic E-state index is -0.326. The second kappa shape index (κ2) is 9.71. The summed E-state index contributed by atoms with van der Waals surface area (Å²) in [5.41, 5.74) is 3.09. The van der Waals surface area contributed by atoms with E-state index in [9.17, 15) is 5.11 Å². The Kier molecular flexibility index (Phi) is 6.09. The van der Waals surface area contributed by atoms with Crippen molar-refractivity contribution >= 4 is 5.65 Å². The summed E-state index contributed by atoms with van der Waals surface area (Å²) in [4.78, 5) is 9.36. The van der Waals surface area contributed by atoms with E-state index < -0.39 is 0 Å². The molecule has 194 valence electrons. The average molecular weight is 515 g/mol. The molecular formula is C28H26N4O6. The van der Waals surface area contributed by atoms with Crippen molar-refractivity contribution in [3.63, 3.8) is 0 Å². The molecule has 2 atom stereocenters. The van der Waals surface area contributed by atoms with E-state index in [1.807, 2.05) is 42.5 Å². The predicted octanol–water partition coefficient (Wildman–Crippen LogP) is 4.51. The standard InChI is InChI=1S/C28H26N4O6/c1-34-19-6-4-5-7-21(19)37-14-24-30-27-26-25(16-8-11-20(35-2)23(12-16)36-3)18-10-9-17(33)13-22(18)38-28(26)29-15-32(27)31-24/h4-5,7-13,15,19,25,33H,6,14H2,1-3H3/t19-,25+/m1/s1. The SMILES string of the molecule is COc1ccc([C@H]2c3ccc(O)cc3Oc3ncn4nc(COC5=CC=CC[C@H]5OC)nc4c32)cc1OC. The number of methoxy groups -OCH3 is 3. The number of hydrogen-bond donors (Lipinski definition) is 1. The van der Waals surface area contributed by atoms with Crippen molar-refractivity contribution in [2.45, 2.75) is 25.0 Å². The monoisotopic (exact) mass is 514 g/mol. The van der Waals surface area contributed by atoms with Gasteiger partial charge in [0, 0.05) is 24.7 Å². The Hall–Kier alpha value is -4.57. The molecule has 0 unspecified atom stereocenters. The first-order valence-electron chi connectivity index (χ1n) is 12.1. The van der Waals surface area contributed by atoms with Crippen LogP contribution in [0.2, 0.25) is 0 Å². The summed E-state index contributed by atoms with van der Waals surface area (Å²) in [5, 5.41) is 14.7. The number of nitrogens with zero attached hydrogens (tertiary/aromatic N) is 4. The summed E-state index contributed by atoms with van der Waals surface area (Å²) in [7, 11) is 4.86. The van der Waals surface area contributed by atoms with Crippen LogP contribution >= 0.6 is 0 Å². The van der Waals surface area contributed by atoms with Gasteiger partial charge in [0.2, 0.25) is 5.88 Å². The van der Waals surface area contributed by atoms with Crippen molar-refractivity contribution in [1.29, 1.82) is 0 Å². The van der Waals surface area contributed by atoms with Gasteiger partial charge in [0.25, 0.3) is 0 Å². The molecule has 10 nitrogen and oxygen atoms in total. The van der Waals surface area contributed by atoms with Crippen molar-refractivity contribution in [1.82, 2.24) is 19.6 Å². The molecule has 0 saturated carbocycles. The molecule has 0 fully saturated rings. The van der Waals surface area contributed by atoms with Crippen LogP contribution < -0.4 is 14.2 Å². The predicted molar refractivity (Wildman–Crippen MR) is 137 cm³/mol. The zero-order chi connectivity index (χ0) is 26.2. The number of fused-ring (bicyclic) bond motifs is 4. The molecule has 0 spiro atoms. The highest BCUT2D eigenvalue weighted by atomic mass is 16.5. The maximum atomic E-state index is 10.1. The van der Waals surface area contributed by atoms with Gasteiger partial charge in [-0.3, -0.25) is 0 Å². The summed E-state index contributed by atoms with van der Waals surface area (Å²) in [5.74, 6) is 3.11. The minimum Gasteiger partial charge on any atom is -0.508 e. The van der Waals surface area contributed by atoms with Gasteiger partial charge in [-0.2, -0.15) is 0 Å². The number of phenolic OH excluding ortho intramolecular Hbond substituents is 1. The molecule has 1 aliphatic carbocycles. The van der Waals surface area contributed by atoms with Gasteiger partial charge in [0.15, 0.2) is 23.0 Å². The Bertz CT molecular complexity index is 1580. The van der Waals surface area contributed by atoms with Gasteiger partial charge in [-0.1, -0.05) is 24.3 Å². The lowest BCUT2D eigenvalue weighted by Crippen LogP contribution is -2.17. The van der Waals surface area contributed by atoms with Gasteiger partial charge in [0.05, 0.1) is 19.8 Å². The molecule has 1 N–H and O–H groups in total. The number of aromatic nitrogens is 4. The number of ether oxygens (including phenoxy) is 5. The number of aromatic hydroxyl groups is 1. The maximum absolute atomic E-state index is 10.1. The van der Waals surface area contributed by atoms with Crippen LogP contribution in [0.1, 0.15) is 34.9 Å². The van der Waals surface area contributed by atoms with Crippen LogP contribution in [-0.4, -0.2) is 52.1 Å². The second-order valence-electron chi connectivity index (χ2n) is 8.88. The number of allylic oxidation sites excluding steroid dienone is 2. The van der Waals surface area contributed by atoms with Crippen molar-refractivity contribution in [3.05, 3.63) is 89.2 Å². The fraction of sp³-hybridized carbons (Fsp3) is 0.250. The molecule has 3 heterocycles. The third-order valence-corrected chi connectivity index (χ3v) is 6.69.